The van der Waals surface area contributed by atoms with Crippen LogP contribution in [0.4, 0.5) is 0 Å². The van der Waals surface area contributed by atoms with E-state index in [9.17, 15) is 9.59 Å². The highest BCUT2D eigenvalue weighted by Crippen LogP contribution is 2.49. The van der Waals surface area contributed by atoms with Crippen molar-refractivity contribution in [3.05, 3.63) is 34.9 Å². The molecule has 0 heterocycles. The summed E-state index contributed by atoms with van der Waals surface area (Å²) in [5.41, 5.74) is 0.960. The summed E-state index contributed by atoms with van der Waals surface area (Å²) in [4.78, 5) is 22.4. The predicted molar refractivity (Wildman–Crippen MR) is 67.5 cm³/mol. The molecule has 5 heteroatoms. The van der Waals surface area contributed by atoms with Crippen LogP contribution in [0.3, 0.4) is 0 Å². The molecule has 96 valence electrons. The van der Waals surface area contributed by atoms with E-state index in [1.807, 2.05) is 18.2 Å². The van der Waals surface area contributed by atoms with E-state index in [-0.39, 0.29) is 17.7 Å². The summed E-state index contributed by atoms with van der Waals surface area (Å²) < 4.78 is 0. The molecule has 0 radical (unpaired) electrons. The maximum atomic E-state index is 11.8. The Balaban J connectivity index is 1.97. The van der Waals surface area contributed by atoms with E-state index < -0.39 is 12.0 Å². The Morgan fingerprint density at radius 2 is 2.11 bits per heavy atom. The zero-order valence-corrected chi connectivity index (χ0v) is 10.6. The van der Waals surface area contributed by atoms with E-state index in [1.165, 1.54) is 6.92 Å². The summed E-state index contributed by atoms with van der Waals surface area (Å²) >= 11 is 6.06. The van der Waals surface area contributed by atoms with Gasteiger partial charge in [0.05, 0.1) is 0 Å². The van der Waals surface area contributed by atoms with Crippen molar-refractivity contribution in [2.45, 2.75) is 25.3 Å². The lowest BCUT2D eigenvalue weighted by atomic mass is 10.1. The third-order valence-corrected chi connectivity index (χ3v) is 3.51. The van der Waals surface area contributed by atoms with Gasteiger partial charge in [-0.3, -0.25) is 9.59 Å². The number of hydrogen-bond donors (Lipinski definition) is 2. The van der Waals surface area contributed by atoms with Crippen LogP contribution >= 0.6 is 11.6 Å². The summed E-state index contributed by atoms with van der Waals surface area (Å²) in [7, 11) is 0. The second-order valence-corrected chi connectivity index (χ2v) is 4.95. The molecule has 1 fully saturated rings. The lowest BCUT2D eigenvalue weighted by Crippen LogP contribution is -2.39. The molecule has 1 aliphatic carbocycles. The van der Waals surface area contributed by atoms with Gasteiger partial charge in [0, 0.05) is 10.9 Å². The smallest absolute Gasteiger partial charge is 0.325 e. The van der Waals surface area contributed by atoms with Crippen LogP contribution in [0, 0.1) is 5.92 Å². The summed E-state index contributed by atoms with van der Waals surface area (Å²) in [6.45, 7) is 1.45. The predicted octanol–water partition coefficient (Wildman–Crippen LogP) is 2.03. The number of benzene rings is 1. The number of amides is 1. The van der Waals surface area contributed by atoms with Crippen LogP contribution in [0.5, 0.6) is 0 Å². The topological polar surface area (TPSA) is 66.4 Å². The van der Waals surface area contributed by atoms with Gasteiger partial charge >= 0.3 is 5.97 Å². The van der Waals surface area contributed by atoms with Gasteiger partial charge in [-0.05, 0) is 30.9 Å². The van der Waals surface area contributed by atoms with Crippen molar-refractivity contribution < 1.29 is 14.7 Å². The van der Waals surface area contributed by atoms with Crippen molar-refractivity contribution in [3.8, 4) is 0 Å². The molecule has 1 aromatic rings. The van der Waals surface area contributed by atoms with Crippen LogP contribution in [0.25, 0.3) is 0 Å². The number of carboxylic acids is 1. The van der Waals surface area contributed by atoms with E-state index in [0.717, 1.165) is 12.0 Å². The summed E-state index contributed by atoms with van der Waals surface area (Å²) in [5.74, 6) is -1.29. The molecule has 2 N–H and O–H groups in total. The quantitative estimate of drug-likeness (QED) is 0.877. The Labute approximate surface area is 110 Å². The molecule has 1 aromatic carbocycles. The van der Waals surface area contributed by atoms with Gasteiger partial charge < -0.3 is 10.4 Å². The third-order valence-electron chi connectivity index (χ3n) is 3.16. The molecule has 1 aliphatic rings. The first-order chi connectivity index (χ1) is 8.50. The fraction of sp³-hybridized carbons (Fsp3) is 0.385. The van der Waals surface area contributed by atoms with Crippen LogP contribution in [0.2, 0.25) is 5.02 Å². The van der Waals surface area contributed by atoms with Gasteiger partial charge in [-0.2, -0.15) is 0 Å². The van der Waals surface area contributed by atoms with Crippen LogP contribution < -0.4 is 5.32 Å². The number of hydrogen-bond acceptors (Lipinski definition) is 2. The first-order valence-corrected chi connectivity index (χ1v) is 6.16. The standard InChI is InChI=1S/C13H14ClNO3/c1-7(13(17)18)15-12(16)10-6-9(10)8-4-2-3-5-11(8)14/h2-5,7,9-10H,6H2,1H3,(H,15,16)(H,17,18). The maximum Gasteiger partial charge on any atom is 0.325 e. The molecule has 0 saturated heterocycles. The fourth-order valence-corrected chi connectivity index (χ4v) is 2.26. The summed E-state index contributed by atoms with van der Waals surface area (Å²) in [6.07, 6.45) is 0.724. The number of carboxylic acid groups (broad SMARTS) is 1. The first kappa shape index (κ1) is 12.9. The van der Waals surface area contributed by atoms with E-state index in [4.69, 9.17) is 16.7 Å². The van der Waals surface area contributed by atoms with Crippen molar-refractivity contribution in [3.63, 3.8) is 0 Å². The molecule has 2 rings (SSSR count). The normalized spacial score (nSPS) is 23.2. The van der Waals surface area contributed by atoms with Gasteiger partial charge in [-0.1, -0.05) is 29.8 Å². The molecule has 18 heavy (non-hydrogen) atoms. The number of carbonyl (C=O) groups is 2. The van der Waals surface area contributed by atoms with E-state index >= 15 is 0 Å². The molecule has 4 nitrogen and oxygen atoms in total. The number of rotatable bonds is 4. The Bertz CT molecular complexity index is 489. The molecular weight excluding hydrogens is 254 g/mol. The van der Waals surface area contributed by atoms with Gasteiger partial charge in [-0.15, -0.1) is 0 Å². The van der Waals surface area contributed by atoms with Gasteiger partial charge in [0.1, 0.15) is 6.04 Å². The third kappa shape index (κ3) is 2.64. The number of halogens is 1. The maximum absolute atomic E-state index is 11.8. The first-order valence-electron chi connectivity index (χ1n) is 5.78. The Morgan fingerprint density at radius 1 is 1.44 bits per heavy atom. The largest absolute Gasteiger partial charge is 0.480 e. The average Bonchev–Trinajstić information content (AvgIpc) is 3.09. The molecule has 0 spiro atoms. The molecule has 0 bridgehead atoms. The number of aliphatic carboxylic acids is 1. The molecule has 3 unspecified atom stereocenters. The number of nitrogens with one attached hydrogen (secondary N) is 1. The Morgan fingerprint density at radius 3 is 2.72 bits per heavy atom. The monoisotopic (exact) mass is 267 g/mol. The van der Waals surface area contributed by atoms with E-state index in [0.29, 0.717) is 5.02 Å². The average molecular weight is 268 g/mol. The second kappa shape index (κ2) is 4.98. The molecule has 1 amide bonds. The van der Waals surface area contributed by atoms with Crippen LogP contribution in [-0.4, -0.2) is 23.0 Å². The van der Waals surface area contributed by atoms with Crippen molar-refractivity contribution in [2.24, 2.45) is 5.92 Å². The zero-order valence-electron chi connectivity index (χ0n) is 9.89. The lowest BCUT2D eigenvalue weighted by molar-refractivity contribution is -0.141. The van der Waals surface area contributed by atoms with Crippen LogP contribution in [-0.2, 0) is 9.59 Å². The zero-order chi connectivity index (χ0) is 13.3. The minimum absolute atomic E-state index is 0.111. The second-order valence-electron chi connectivity index (χ2n) is 4.54. The minimum Gasteiger partial charge on any atom is -0.480 e. The van der Waals surface area contributed by atoms with Crippen LogP contribution in [0.1, 0.15) is 24.8 Å². The van der Waals surface area contributed by atoms with Crippen molar-refractivity contribution in [1.29, 1.82) is 0 Å². The van der Waals surface area contributed by atoms with Crippen molar-refractivity contribution in [1.82, 2.24) is 5.32 Å². The minimum atomic E-state index is -1.03. The molecule has 0 aromatic heterocycles. The Kier molecular flexibility index (Phi) is 3.57. The van der Waals surface area contributed by atoms with Gasteiger partial charge in [0.15, 0.2) is 0 Å². The van der Waals surface area contributed by atoms with Crippen LogP contribution in [0.15, 0.2) is 24.3 Å². The van der Waals surface area contributed by atoms with Crippen molar-refractivity contribution in [2.75, 3.05) is 0 Å². The SMILES string of the molecule is CC(NC(=O)C1CC1c1ccccc1Cl)C(=O)O. The van der Waals surface area contributed by atoms with Gasteiger partial charge in [0.25, 0.3) is 0 Å². The van der Waals surface area contributed by atoms with E-state index in [2.05, 4.69) is 5.32 Å². The number of carbonyl (C=O) groups excluding carboxylic acids is 1. The highest BCUT2D eigenvalue weighted by Gasteiger charge is 2.45. The summed E-state index contributed by atoms with van der Waals surface area (Å²) in [6, 6.07) is 6.57. The molecular formula is C13H14ClNO3. The highest BCUT2D eigenvalue weighted by molar-refractivity contribution is 6.31. The molecule has 3 atom stereocenters. The lowest BCUT2D eigenvalue weighted by Gasteiger charge is -2.09. The highest BCUT2D eigenvalue weighted by atomic mass is 35.5. The van der Waals surface area contributed by atoms with E-state index in [1.54, 1.807) is 6.07 Å². The van der Waals surface area contributed by atoms with Crippen molar-refractivity contribution >= 4 is 23.5 Å². The molecule has 1 saturated carbocycles. The van der Waals surface area contributed by atoms with Gasteiger partial charge in [-0.25, -0.2) is 0 Å². The molecule has 0 aliphatic heterocycles. The summed E-state index contributed by atoms with van der Waals surface area (Å²) in [5, 5.41) is 11.9. The fourth-order valence-electron chi connectivity index (χ4n) is 1.99. The van der Waals surface area contributed by atoms with Gasteiger partial charge in [0.2, 0.25) is 5.91 Å². The Hall–Kier alpha value is -1.55.